The van der Waals surface area contributed by atoms with Gasteiger partial charge in [0.2, 0.25) is 0 Å². The van der Waals surface area contributed by atoms with Crippen LogP contribution in [0.5, 0.6) is 0 Å². The number of ether oxygens (including phenoxy) is 1. The second-order valence-electron chi connectivity index (χ2n) is 9.74. The third kappa shape index (κ3) is 8.50. The first kappa shape index (κ1) is 26.3. The van der Waals surface area contributed by atoms with E-state index in [1.54, 1.807) is 0 Å². The van der Waals surface area contributed by atoms with Gasteiger partial charge in [-0.25, -0.2) is 0 Å². The average molecular weight is 439 g/mol. The molecule has 1 fully saturated rings. The van der Waals surface area contributed by atoms with E-state index < -0.39 is 0 Å². The van der Waals surface area contributed by atoms with Crippen molar-refractivity contribution < 1.29 is 14.3 Å². The zero-order valence-electron chi connectivity index (χ0n) is 20.4. The molecule has 32 heavy (non-hydrogen) atoms. The topological polar surface area (TPSA) is 43.4 Å². The fourth-order valence-electron chi connectivity index (χ4n) is 5.11. The minimum Gasteiger partial charge on any atom is -0.377 e. The molecule has 1 saturated carbocycles. The summed E-state index contributed by atoms with van der Waals surface area (Å²) in [5, 5.41) is 0. The Morgan fingerprint density at radius 2 is 1.91 bits per heavy atom. The third-order valence-electron chi connectivity index (χ3n) is 6.95. The molecule has 0 bridgehead atoms. The van der Waals surface area contributed by atoms with Gasteiger partial charge in [-0.3, -0.25) is 0 Å². The SMILES string of the molecule is CC(C)=CCC/C(C)=C/CC[C@]1(C=O)CCC[C@H]1C(C=O)CCCOCc1ccccc1. The maximum Gasteiger partial charge on any atom is 0.126 e. The van der Waals surface area contributed by atoms with Crippen LogP contribution in [0.1, 0.15) is 84.1 Å². The lowest BCUT2D eigenvalue weighted by Crippen LogP contribution is -2.33. The van der Waals surface area contributed by atoms with Gasteiger partial charge in [0.05, 0.1) is 6.61 Å². The molecule has 3 atom stereocenters. The van der Waals surface area contributed by atoms with Crippen molar-refractivity contribution in [2.75, 3.05) is 6.61 Å². The molecule has 176 valence electrons. The number of aldehydes is 2. The zero-order chi connectivity index (χ0) is 23.2. The first-order chi connectivity index (χ1) is 15.5. The van der Waals surface area contributed by atoms with E-state index in [4.69, 9.17) is 4.74 Å². The van der Waals surface area contributed by atoms with E-state index in [2.05, 4.69) is 45.1 Å². The van der Waals surface area contributed by atoms with E-state index in [-0.39, 0.29) is 17.3 Å². The molecule has 0 aliphatic heterocycles. The molecule has 0 radical (unpaired) electrons. The van der Waals surface area contributed by atoms with Crippen LogP contribution in [0, 0.1) is 17.3 Å². The Bertz CT molecular complexity index is 745. The molecule has 0 heterocycles. The first-order valence-electron chi connectivity index (χ1n) is 12.3. The van der Waals surface area contributed by atoms with Gasteiger partial charge in [-0.15, -0.1) is 0 Å². The van der Waals surface area contributed by atoms with E-state index >= 15 is 0 Å². The highest BCUT2D eigenvalue weighted by atomic mass is 16.5. The number of allylic oxidation sites excluding steroid dienone is 4. The van der Waals surface area contributed by atoms with Gasteiger partial charge in [0.1, 0.15) is 12.6 Å². The molecule has 1 aliphatic rings. The number of hydrogen-bond donors (Lipinski definition) is 0. The highest BCUT2D eigenvalue weighted by molar-refractivity contribution is 5.64. The largest absolute Gasteiger partial charge is 0.377 e. The molecule has 2 rings (SSSR count). The summed E-state index contributed by atoms with van der Waals surface area (Å²) in [6.45, 7) is 7.70. The summed E-state index contributed by atoms with van der Waals surface area (Å²) in [4.78, 5) is 24.2. The Morgan fingerprint density at radius 1 is 1.12 bits per heavy atom. The van der Waals surface area contributed by atoms with Gasteiger partial charge in [-0.05, 0) is 83.6 Å². The summed E-state index contributed by atoms with van der Waals surface area (Å²) >= 11 is 0. The molecular weight excluding hydrogens is 396 g/mol. The molecule has 1 unspecified atom stereocenters. The Hall–Kier alpha value is -2.00. The fraction of sp³-hybridized carbons (Fsp3) is 0.586. The van der Waals surface area contributed by atoms with Gasteiger partial charge in [-0.2, -0.15) is 0 Å². The normalized spacial score (nSPS) is 21.8. The van der Waals surface area contributed by atoms with Crippen LogP contribution in [0.25, 0.3) is 0 Å². The van der Waals surface area contributed by atoms with Gasteiger partial charge in [0.25, 0.3) is 0 Å². The lowest BCUT2D eigenvalue weighted by Gasteiger charge is -2.33. The van der Waals surface area contributed by atoms with Crippen molar-refractivity contribution in [3.8, 4) is 0 Å². The van der Waals surface area contributed by atoms with Crippen molar-refractivity contribution in [2.24, 2.45) is 17.3 Å². The van der Waals surface area contributed by atoms with Crippen LogP contribution in [-0.4, -0.2) is 19.2 Å². The van der Waals surface area contributed by atoms with Crippen LogP contribution in [0.2, 0.25) is 0 Å². The maximum atomic E-state index is 12.2. The maximum absolute atomic E-state index is 12.2. The number of benzene rings is 1. The quantitative estimate of drug-likeness (QED) is 0.164. The summed E-state index contributed by atoms with van der Waals surface area (Å²) in [7, 11) is 0. The smallest absolute Gasteiger partial charge is 0.126 e. The molecule has 0 aromatic heterocycles. The lowest BCUT2D eigenvalue weighted by molar-refractivity contribution is -0.122. The summed E-state index contributed by atoms with van der Waals surface area (Å²) in [5.74, 6) is 0.122. The Kier molecular flexibility index (Phi) is 11.7. The molecule has 0 spiro atoms. The van der Waals surface area contributed by atoms with E-state index in [0.717, 1.165) is 64.1 Å². The van der Waals surface area contributed by atoms with Crippen LogP contribution in [0.15, 0.2) is 53.6 Å². The van der Waals surface area contributed by atoms with E-state index in [1.165, 1.54) is 23.0 Å². The molecule has 1 aromatic rings. The monoisotopic (exact) mass is 438 g/mol. The van der Waals surface area contributed by atoms with E-state index in [1.807, 2.05) is 18.2 Å². The van der Waals surface area contributed by atoms with Crippen molar-refractivity contribution in [1.29, 1.82) is 0 Å². The fourth-order valence-corrected chi connectivity index (χ4v) is 5.11. The summed E-state index contributed by atoms with van der Waals surface area (Å²) in [5.41, 5.74) is 3.57. The molecule has 1 aromatic carbocycles. The van der Waals surface area contributed by atoms with Crippen molar-refractivity contribution in [2.45, 2.75) is 85.2 Å². The van der Waals surface area contributed by atoms with Crippen LogP contribution in [-0.2, 0) is 20.9 Å². The molecule has 3 nitrogen and oxygen atoms in total. The van der Waals surface area contributed by atoms with Gasteiger partial charge < -0.3 is 14.3 Å². The molecule has 1 aliphatic carbocycles. The molecule has 3 heteroatoms. The van der Waals surface area contributed by atoms with Crippen LogP contribution < -0.4 is 0 Å². The van der Waals surface area contributed by atoms with Crippen LogP contribution >= 0.6 is 0 Å². The highest BCUT2D eigenvalue weighted by Gasteiger charge is 2.45. The number of carbonyl (C=O) groups excluding carboxylic acids is 2. The molecule has 0 amide bonds. The number of carbonyl (C=O) groups is 2. The Labute approximate surface area is 195 Å². The Morgan fingerprint density at radius 3 is 2.59 bits per heavy atom. The molecular formula is C29H42O3. The number of hydrogen-bond acceptors (Lipinski definition) is 3. The average Bonchev–Trinajstić information content (AvgIpc) is 3.20. The second-order valence-corrected chi connectivity index (χ2v) is 9.74. The second kappa shape index (κ2) is 14.2. The van der Waals surface area contributed by atoms with Crippen molar-refractivity contribution in [1.82, 2.24) is 0 Å². The molecule has 0 saturated heterocycles. The van der Waals surface area contributed by atoms with Crippen molar-refractivity contribution in [3.63, 3.8) is 0 Å². The predicted octanol–water partition coefficient (Wildman–Crippen LogP) is 7.26. The minimum absolute atomic E-state index is 0.0502. The van der Waals surface area contributed by atoms with E-state index in [9.17, 15) is 9.59 Å². The summed E-state index contributed by atoms with van der Waals surface area (Å²) in [6, 6.07) is 10.1. The van der Waals surface area contributed by atoms with Gasteiger partial charge in [0.15, 0.2) is 0 Å². The van der Waals surface area contributed by atoms with E-state index in [0.29, 0.717) is 13.2 Å². The van der Waals surface area contributed by atoms with Crippen molar-refractivity contribution >= 4 is 12.6 Å². The highest BCUT2D eigenvalue weighted by Crippen LogP contribution is 2.49. The zero-order valence-corrected chi connectivity index (χ0v) is 20.4. The van der Waals surface area contributed by atoms with Crippen molar-refractivity contribution in [3.05, 3.63) is 59.2 Å². The van der Waals surface area contributed by atoms with Gasteiger partial charge in [-0.1, -0.05) is 60.1 Å². The third-order valence-corrected chi connectivity index (χ3v) is 6.95. The summed E-state index contributed by atoms with van der Waals surface area (Å²) in [6.07, 6.45) is 15.4. The molecule has 0 N–H and O–H groups in total. The minimum atomic E-state index is -0.340. The lowest BCUT2D eigenvalue weighted by atomic mass is 9.69. The van der Waals surface area contributed by atoms with Crippen LogP contribution in [0.4, 0.5) is 0 Å². The van der Waals surface area contributed by atoms with Gasteiger partial charge >= 0.3 is 0 Å². The Balaban J connectivity index is 1.83. The number of rotatable bonds is 15. The summed E-state index contributed by atoms with van der Waals surface area (Å²) < 4.78 is 5.80. The first-order valence-corrected chi connectivity index (χ1v) is 12.3. The van der Waals surface area contributed by atoms with Crippen LogP contribution in [0.3, 0.4) is 0 Å². The van der Waals surface area contributed by atoms with Gasteiger partial charge in [0, 0.05) is 17.9 Å². The standard InChI is InChI=1S/C29H42O3/c1-24(2)11-7-12-25(3)13-8-18-29(23-31)19-9-17-28(29)27(21-30)16-10-20-32-22-26-14-5-4-6-15-26/h4-6,11,13-15,21,23,27-28H,7-10,12,16-20,22H2,1-3H3/b25-13+/t27?,28-,29+/m0/s1. The predicted molar refractivity (Wildman–Crippen MR) is 132 cm³/mol.